The first-order valence-corrected chi connectivity index (χ1v) is 7.97. The van der Waals surface area contributed by atoms with Gasteiger partial charge in [-0.2, -0.15) is 0 Å². The molecule has 21 heavy (non-hydrogen) atoms. The molecule has 0 radical (unpaired) electrons. The highest BCUT2D eigenvalue weighted by Crippen LogP contribution is 2.27. The summed E-state index contributed by atoms with van der Waals surface area (Å²) < 4.78 is 26.9. The molecule has 0 fully saturated rings. The fourth-order valence-corrected chi connectivity index (χ4v) is 2.77. The third-order valence-corrected chi connectivity index (χ3v) is 5.03. The molecule has 7 nitrogen and oxygen atoms in total. The van der Waals surface area contributed by atoms with Crippen molar-refractivity contribution in [2.24, 2.45) is 11.3 Å². The molecule has 1 rings (SSSR count). The quantitative estimate of drug-likeness (QED) is 0.490. The number of sulfonamides is 1. The second-order valence-electron chi connectivity index (χ2n) is 6.10. The number of benzene rings is 1. The molecule has 1 aromatic rings. The second kappa shape index (κ2) is 5.98. The first kappa shape index (κ1) is 17.4. The van der Waals surface area contributed by atoms with Crippen molar-refractivity contribution in [3.8, 4) is 0 Å². The first-order valence-electron chi connectivity index (χ1n) is 6.48. The minimum absolute atomic E-state index is 0.0171. The van der Waals surface area contributed by atoms with E-state index in [4.69, 9.17) is 5.73 Å². The minimum Gasteiger partial charge on any atom is -0.398 e. The zero-order chi connectivity index (χ0) is 16.4. The van der Waals surface area contributed by atoms with Gasteiger partial charge in [0.1, 0.15) is 4.90 Å². The molecule has 0 bridgehead atoms. The van der Waals surface area contributed by atoms with Crippen molar-refractivity contribution in [1.29, 1.82) is 0 Å². The Morgan fingerprint density at radius 3 is 2.43 bits per heavy atom. The van der Waals surface area contributed by atoms with Crippen molar-refractivity contribution in [3.05, 3.63) is 28.3 Å². The Hall–Kier alpha value is -1.67. The van der Waals surface area contributed by atoms with E-state index in [2.05, 4.69) is 4.72 Å². The lowest BCUT2D eigenvalue weighted by Gasteiger charge is -2.27. The summed E-state index contributed by atoms with van der Waals surface area (Å²) in [6, 6.07) is 3.37. The Labute approximate surface area is 124 Å². The highest BCUT2D eigenvalue weighted by atomic mass is 32.2. The highest BCUT2D eigenvalue weighted by Gasteiger charge is 2.25. The molecule has 0 aliphatic heterocycles. The number of nitrogens with two attached hydrogens (primary N) is 1. The summed E-state index contributed by atoms with van der Waals surface area (Å²) >= 11 is 0. The molecule has 1 aromatic carbocycles. The van der Waals surface area contributed by atoms with Gasteiger partial charge in [0, 0.05) is 18.7 Å². The van der Waals surface area contributed by atoms with Crippen molar-refractivity contribution in [1.82, 2.24) is 4.72 Å². The molecule has 0 aliphatic carbocycles. The second-order valence-corrected chi connectivity index (χ2v) is 7.83. The molecular formula is C13H21N3O4S. The summed E-state index contributed by atoms with van der Waals surface area (Å²) in [5, 5.41) is 10.7. The van der Waals surface area contributed by atoms with Crippen molar-refractivity contribution < 1.29 is 13.3 Å². The predicted octanol–water partition coefficient (Wildman–Crippen LogP) is 2.14. The lowest BCUT2D eigenvalue weighted by atomic mass is 9.82. The minimum atomic E-state index is -3.88. The van der Waals surface area contributed by atoms with E-state index in [0.29, 0.717) is 0 Å². The van der Waals surface area contributed by atoms with Gasteiger partial charge < -0.3 is 5.73 Å². The molecule has 0 amide bonds. The largest absolute Gasteiger partial charge is 0.398 e. The monoisotopic (exact) mass is 315 g/mol. The topological polar surface area (TPSA) is 115 Å². The summed E-state index contributed by atoms with van der Waals surface area (Å²) in [5.74, 6) is 0.0900. The Morgan fingerprint density at radius 1 is 1.38 bits per heavy atom. The molecule has 1 unspecified atom stereocenters. The zero-order valence-electron chi connectivity index (χ0n) is 12.6. The summed E-state index contributed by atoms with van der Waals surface area (Å²) in [5.41, 5.74) is 5.24. The van der Waals surface area contributed by atoms with E-state index in [1.165, 1.54) is 12.1 Å². The molecular weight excluding hydrogens is 294 g/mol. The lowest BCUT2D eigenvalue weighted by Crippen LogP contribution is -2.34. The molecule has 0 aliphatic rings. The van der Waals surface area contributed by atoms with Crippen molar-refractivity contribution >= 4 is 21.4 Å². The Bertz CT molecular complexity index is 635. The van der Waals surface area contributed by atoms with Crippen LogP contribution in [0.15, 0.2) is 23.1 Å². The van der Waals surface area contributed by atoms with E-state index in [1.54, 1.807) is 0 Å². The normalized spacial score (nSPS) is 13.9. The number of nitrogens with one attached hydrogen (secondary N) is 1. The van der Waals surface area contributed by atoms with Gasteiger partial charge in [-0.25, -0.2) is 13.1 Å². The number of anilines is 1. The molecule has 0 saturated carbocycles. The summed E-state index contributed by atoms with van der Waals surface area (Å²) in [7, 11) is -3.88. The van der Waals surface area contributed by atoms with Gasteiger partial charge in [0.2, 0.25) is 10.0 Å². The van der Waals surface area contributed by atoms with Crippen LogP contribution in [0.2, 0.25) is 0 Å². The SMILES string of the molecule is CC(CNS(=O)(=O)c1cc([N+](=O)[O-])ccc1N)C(C)(C)C. The van der Waals surface area contributed by atoms with Crippen LogP contribution in [0.3, 0.4) is 0 Å². The summed E-state index contributed by atoms with van der Waals surface area (Å²) in [4.78, 5) is 9.82. The maximum Gasteiger partial charge on any atom is 0.270 e. The van der Waals surface area contributed by atoms with Crippen LogP contribution in [0.25, 0.3) is 0 Å². The average Bonchev–Trinajstić information content (AvgIpc) is 2.34. The number of hydrogen-bond donors (Lipinski definition) is 2. The van der Waals surface area contributed by atoms with Gasteiger partial charge in [-0.15, -0.1) is 0 Å². The van der Waals surface area contributed by atoms with Crippen LogP contribution in [0.4, 0.5) is 11.4 Å². The van der Waals surface area contributed by atoms with Crippen LogP contribution >= 0.6 is 0 Å². The number of rotatable bonds is 5. The van der Waals surface area contributed by atoms with Gasteiger partial charge in [0.15, 0.2) is 0 Å². The van der Waals surface area contributed by atoms with E-state index in [0.717, 1.165) is 6.07 Å². The van der Waals surface area contributed by atoms with E-state index >= 15 is 0 Å². The molecule has 0 saturated heterocycles. The highest BCUT2D eigenvalue weighted by molar-refractivity contribution is 7.89. The van der Waals surface area contributed by atoms with Gasteiger partial charge in [-0.1, -0.05) is 27.7 Å². The van der Waals surface area contributed by atoms with Gasteiger partial charge in [-0.05, 0) is 17.4 Å². The number of nitrogens with zero attached hydrogens (tertiary/aromatic N) is 1. The number of nitro benzene ring substituents is 1. The summed E-state index contributed by atoms with van der Waals surface area (Å²) in [6.07, 6.45) is 0. The first-order chi connectivity index (χ1) is 9.45. The maximum atomic E-state index is 12.2. The fourth-order valence-electron chi connectivity index (χ4n) is 1.49. The molecule has 8 heteroatoms. The number of nitro groups is 1. The third-order valence-electron chi connectivity index (χ3n) is 3.56. The van der Waals surface area contributed by atoms with Crippen molar-refractivity contribution in [2.45, 2.75) is 32.6 Å². The van der Waals surface area contributed by atoms with Gasteiger partial charge in [0.25, 0.3) is 5.69 Å². The smallest absolute Gasteiger partial charge is 0.270 e. The molecule has 0 spiro atoms. The zero-order valence-corrected chi connectivity index (χ0v) is 13.4. The van der Waals surface area contributed by atoms with Crippen LogP contribution in [0, 0.1) is 21.4 Å². The number of non-ortho nitro benzene ring substituents is 1. The van der Waals surface area contributed by atoms with Crippen LogP contribution in [-0.4, -0.2) is 19.9 Å². The van der Waals surface area contributed by atoms with Gasteiger partial charge in [-0.3, -0.25) is 10.1 Å². The standard InChI is InChI=1S/C13H21N3O4S/c1-9(13(2,3)4)8-15-21(19,20)12-7-10(16(17)18)5-6-11(12)14/h5-7,9,15H,8,14H2,1-4H3. The Morgan fingerprint density at radius 2 is 1.95 bits per heavy atom. The van der Waals surface area contributed by atoms with E-state index in [-0.39, 0.29) is 34.1 Å². The van der Waals surface area contributed by atoms with E-state index in [1.807, 2.05) is 27.7 Å². The third kappa shape index (κ3) is 4.40. The lowest BCUT2D eigenvalue weighted by molar-refractivity contribution is -0.385. The molecule has 0 heterocycles. The predicted molar refractivity (Wildman–Crippen MR) is 81.3 cm³/mol. The van der Waals surface area contributed by atoms with Crippen LogP contribution in [-0.2, 0) is 10.0 Å². The van der Waals surface area contributed by atoms with Crippen LogP contribution in [0.5, 0.6) is 0 Å². The molecule has 0 aromatic heterocycles. The van der Waals surface area contributed by atoms with Gasteiger partial charge in [0.05, 0.1) is 10.6 Å². The Balaban J connectivity index is 3.03. The maximum absolute atomic E-state index is 12.2. The van der Waals surface area contributed by atoms with Crippen molar-refractivity contribution in [2.75, 3.05) is 12.3 Å². The summed E-state index contributed by atoms with van der Waals surface area (Å²) in [6.45, 7) is 8.18. The average molecular weight is 315 g/mol. The molecule has 118 valence electrons. The van der Waals surface area contributed by atoms with Gasteiger partial charge >= 0.3 is 0 Å². The van der Waals surface area contributed by atoms with E-state index < -0.39 is 14.9 Å². The van der Waals surface area contributed by atoms with Crippen molar-refractivity contribution in [3.63, 3.8) is 0 Å². The molecule has 1 atom stereocenters. The number of nitrogen functional groups attached to an aromatic ring is 1. The van der Waals surface area contributed by atoms with E-state index in [9.17, 15) is 18.5 Å². The number of hydrogen-bond acceptors (Lipinski definition) is 5. The van der Waals surface area contributed by atoms with Crippen LogP contribution < -0.4 is 10.5 Å². The molecule has 3 N–H and O–H groups in total. The van der Waals surface area contributed by atoms with Crippen LogP contribution in [0.1, 0.15) is 27.7 Å². The fraction of sp³-hybridized carbons (Fsp3) is 0.538. The Kier molecular flexibility index (Phi) is 4.95.